The van der Waals surface area contributed by atoms with Crippen LogP contribution in [0.5, 0.6) is 0 Å². The standard InChI is InChI=1S/C23H24N4O3/c1-16-2-6-20(7-3-16)27-15-18(14-21(27)28)23-24-22(25-30-23)17-4-8-19(9-5-17)26-10-12-29-13-11-26/h2-9,18H,10-15H2,1H3/t18-/m0/s1. The smallest absolute Gasteiger partial charge is 0.232 e. The Balaban J connectivity index is 1.29. The van der Waals surface area contributed by atoms with Crippen molar-refractivity contribution in [1.82, 2.24) is 10.1 Å². The first-order valence-electron chi connectivity index (χ1n) is 10.3. The molecule has 2 saturated heterocycles. The van der Waals surface area contributed by atoms with Crippen LogP contribution in [-0.4, -0.2) is 48.9 Å². The molecule has 2 aromatic carbocycles. The number of carbonyl (C=O) groups is 1. The highest BCUT2D eigenvalue weighted by atomic mass is 16.5. The van der Waals surface area contributed by atoms with E-state index in [2.05, 4.69) is 27.2 Å². The van der Waals surface area contributed by atoms with E-state index in [9.17, 15) is 4.79 Å². The lowest BCUT2D eigenvalue weighted by Crippen LogP contribution is -2.36. The molecule has 154 valence electrons. The van der Waals surface area contributed by atoms with Gasteiger partial charge in [-0.15, -0.1) is 0 Å². The van der Waals surface area contributed by atoms with Crippen molar-refractivity contribution in [3.8, 4) is 11.4 Å². The normalized spacial score (nSPS) is 19.5. The number of ether oxygens (including phenoxy) is 1. The van der Waals surface area contributed by atoms with Gasteiger partial charge in [-0.05, 0) is 43.3 Å². The number of carbonyl (C=O) groups excluding carboxylic acids is 1. The Bertz CT molecular complexity index is 1020. The predicted octanol–water partition coefficient (Wildman–Crippen LogP) is 3.40. The van der Waals surface area contributed by atoms with Gasteiger partial charge in [0.1, 0.15) is 0 Å². The Morgan fingerprint density at radius 3 is 2.40 bits per heavy atom. The van der Waals surface area contributed by atoms with Crippen molar-refractivity contribution in [3.05, 3.63) is 60.0 Å². The van der Waals surface area contributed by atoms with E-state index in [1.165, 1.54) is 11.3 Å². The maximum absolute atomic E-state index is 12.5. The van der Waals surface area contributed by atoms with Crippen molar-refractivity contribution in [2.24, 2.45) is 0 Å². The second kappa shape index (κ2) is 7.91. The number of hydrogen-bond acceptors (Lipinski definition) is 6. The zero-order valence-corrected chi connectivity index (χ0v) is 17.0. The van der Waals surface area contributed by atoms with Gasteiger partial charge >= 0.3 is 0 Å². The Morgan fingerprint density at radius 2 is 1.67 bits per heavy atom. The summed E-state index contributed by atoms with van der Waals surface area (Å²) in [6, 6.07) is 16.2. The minimum absolute atomic E-state index is 0.0819. The summed E-state index contributed by atoms with van der Waals surface area (Å²) >= 11 is 0. The molecule has 2 fully saturated rings. The first kappa shape index (κ1) is 18.8. The Labute approximate surface area is 175 Å². The van der Waals surface area contributed by atoms with Gasteiger partial charge in [0.2, 0.25) is 17.6 Å². The van der Waals surface area contributed by atoms with Gasteiger partial charge in [0, 0.05) is 43.0 Å². The summed E-state index contributed by atoms with van der Waals surface area (Å²) in [7, 11) is 0. The molecule has 3 aromatic rings. The van der Waals surface area contributed by atoms with Crippen LogP contribution >= 0.6 is 0 Å². The molecule has 0 N–H and O–H groups in total. The molecule has 0 aliphatic carbocycles. The first-order valence-corrected chi connectivity index (χ1v) is 10.3. The van der Waals surface area contributed by atoms with Gasteiger partial charge in [0.15, 0.2) is 0 Å². The topological polar surface area (TPSA) is 71.7 Å². The minimum atomic E-state index is -0.0901. The molecule has 7 heteroatoms. The number of hydrogen-bond donors (Lipinski definition) is 0. The SMILES string of the molecule is Cc1ccc(N2C[C@@H](c3nc(-c4ccc(N5CCOCC5)cc4)no3)CC2=O)cc1. The molecule has 2 aliphatic rings. The average Bonchev–Trinajstić information content (AvgIpc) is 3.42. The van der Waals surface area contributed by atoms with Gasteiger partial charge in [0.25, 0.3) is 0 Å². The van der Waals surface area contributed by atoms with Gasteiger partial charge < -0.3 is 19.1 Å². The summed E-state index contributed by atoms with van der Waals surface area (Å²) in [4.78, 5) is 21.2. The molecule has 0 spiro atoms. The van der Waals surface area contributed by atoms with Gasteiger partial charge in [-0.3, -0.25) is 4.79 Å². The Hall–Kier alpha value is -3.19. The summed E-state index contributed by atoms with van der Waals surface area (Å²) in [6.07, 6.45) is 0.380. The number of aromatic nitrogens is 2. The third-order valence-electron chi connectivity index (χ3n) is 5.76. The van der Waals surface area contributed by atoms with Crippen molar-refractivity contribution in [2.75, 3.05) is 42.6 Å². The number of benzene rings is 2. The monoisotopic (exact) mass is 404 g/mol. The van der Waals surface area contributed by atoms with E-state index >= 15 is 0 Å². The zero-order chi connectivity index (χ0) is 20.5. The molecule has 7 nitrogen and oxygen atoms in total. The lowest BCUT2D eigenvalue weighted by molar-refractivity contribution is -0.117. The molecule has 30 heavy (non-hydrogen) atoms. The largest absolute Gasteiger partial charge is 0.378 e. The number of anilines is 2. The molecule has 1 atom stereocenters. The zero-order valence-electron chi connectivity index (χ0n) is 17.0. The van der Waals surface area contributed by atoms with Crippen molar-refractivity contribution in [2.45, 2.75) is 19.3 Å². The van der Waals surface area contributed by atoms with E-state index in [1.54, 1.807) is 4.90 Å². The van der Waals surface area contributed by atoms with Gasteiger partial charge in [-0.2, -0.15) is 4.98 Å². The van der Waals surface area contributed by atoms with Crippen LogP contribution in [0.15, 0.2) is 53.1 Å². The van der Waals surface area contributed by atoms with Crippen LogP contribution in [0.2, 0.25) is 0 Å². The number of morpholine rings is 1. The van der Waals surface area contributed by atoms with Crippen LogP contribution < -0.4 is 9.80 Å². The van der Waals surface area contributed by atoms with Crippen LogP contribution in [0.1, 0.15) is 23.8 Å². The third-order valence-corrected chi connectivity index (χ3v) is 5.76. The fourth-order valence-electron chi connectivity index (χ4n) is 4.01. The summed E-state index contributed by atoms with van der Waals surface area (Å²) in [5, 5.41) is 4.16. The summed E-state index contributed by atoms with van der Waals surface area (Å²) in [5.41, 5.74) is 4.15. The molecule has 5 rings (SSSR count). The van der Waals surface area contributed by atoms with Gasteiger partial charge in [0.05, 0.1) is 19.1 Å². The van der Waals surface area contributed by atoms with Gasteiger partial charge in [-0.25, -0.2) is 0 Å². The number of nitrogens with zero attached hydrogens (tertiary/aromatic N) is 4. The highest BCUT2D eigenvalue weighted by Gasteiger charge is 2.35. The molecule has 0 unspecified atom stereocenters. The predicted molar refractivity (Wildman–Crippen MR) is 114 cm³/mol. The van der Waals surface area contributed by atoms with E-state index in [0.717, 1.165) is 37.6 Å². The molecule has 0 saturated carbocycles. The molecule has 1 aromatic heterocycles. The molecule has 2 aliphatic heterocycles. The van der Waals surface area contributed by atoms with E-state index in [-0.39, 0.29) is 11.8 Å². The highest BCUT2D eigenvalue weighted by molar-refractivity contribution is 5.96. The molecule has 3 heterocycles. The van der Waals surface area contributed by atoms with Crippen LogP contribution in [0.25, 0.3) is 11.4 Å². The first-order chi connectivity index (χ1) is 14.7. The van der Waals surface area contributed by atoms with Gasteiger partial charge in [-0.1, -0.05) is 22.9 Å². The molecule has 0 radical (unpaired) electrons. The van der Waals surface area contributed by atoms with Crippen molar-refractivity contribution in [3.63, 3.8) is 0 Å². The molecule has 1 amide bonds. The summed E-state index contributed by atoms with van der Waals surface area (Å²) in [5.74, 6) is 1.07. The fraction of sp³-hybridized carbons (Fsp3) is 0.348. The lowest BCUT2D eigenvalue weighted by atomic mass is 10.1. The van der Waals surface area contributed by atoms with Crippen LogP contribution in [0.4, 0.5) is 11.4 Å². The number of rotatable bonds is 4. The molecular formula is C23H24N4O3. The quantitative estimate of drug-likeness (QED) is 0.664. The van der Waals surface area contributed by atoms with Crippen molar-refractivity contribution < 1.29 is 14.1 Å². The Kier molecular flexibility index (Phi) is 4.96. The van der Waals surface area contributed by atoms with E-state index in [0.29, 0.717) is 24.7 Å². The second-order valence-electron chi connectivity index (χ2n) is 7.84. The van der Waals surface area contributed by atoms with Crippen LogP contribution in [0.3, 0.4) is 0 Å². The average molecular weight is 404 g/mol. The van der Waals surface area contributed by atoms with E-state index in [1.807, 2.05) is 43.3 Å². The van der Waals surface area contributed by atoms with Crippen molar-refractivity contribution in [1.29, 1.82) is 0 Å². The molecular weight excluding hydrogens is 380 g/mol. The molecule has 0 bridgehead atoms. The Morgan fingerprint density at radius 1 is 0.967 bits per heavy atom. The van der Waals surface area contributed by atoms with Crippen LogP contribution in [-0.2, 0) is 9.53 Å². The minimum Gasteiger partial charge on any atom is -0.378 e. The number of aryl methyl sites for hydroxylation is 1. The second-order valence-corrected chi connectivity index (χ2v) is 7.84. The summed E-state index contributed by atoms with van der Waals surface area (Å²) < 4.78 is 10.9. The summed E-state index contributed by atoms with van der Waals surface area (Å²) in [6.45, 7) is 5.91. The lowest BCUT2D eigenvalue weighted by Gasteiger charge is -2.28. The third kappa shape index (κ3) is 3.68. The fourth-order valence-corrected chi connectivity index (χ4v) is 4.01. The van der Waals surface area contributed by atoms with E-state index < -0.39 is 0 Å². The van der Waals surface area contributed by atoms with Crippen LogP contribution in [0, 0.1) is 6.92 Å². The maximum atomic E-state index is 12.5. The van der Waals surface area contributed by atoms with E-state index in [4.69, 9.17) is 9.26 Å². The highest BCUT2D eigenvalue weighted by Crippen LogP contribution is 2.32. The maximum Gasteiger partial charge on any atom is 0.232 e. The van der Waals surface area contributed by atoms with Crippen molar-refractivity contribution >= 4 is 17.3 Å². The number of amides is 1.